The predicted octanol–water partition coefficient (Wildman–Crippen LogP) is 4.83. The number of methoxy groups -OCH3 is 1. The molecule has 0 fully saturated rings. The number of nitro benzene ring substituents is 2. The van der Waals surface area contributed by atoms with E-state index in [4.69, 9.17) is 9.47 Å². The molecule has 32 heavy (non-hydrogen) atoms. The molecule has 0 spiro atoms. The third-order valence-corrected chi connectivity index (χ3v) is 4.48. The van der Waals surface area contributed by atoms with E-state index < -0.39 is 15.8 Å². The highest BCUT2D eigenvalue weighted by molar-refractivity contribution is 5.78. The first-order valence-electron chi connectivity index (χ1n) is 9.41. The summed E-state index contributed by atoms with van der Waals surface area (Å²) in [5, 5.41) is 22.1. The molecular formula is C23H18N2O7. The molecule has 0 saturated heterocycles. The maximum absolute atomic E-state index is 12.2. The van der Waals surface area contributed by atoms with Gasteiger partial charge in [0.1, 0.15) is 0 Å². The number of hydrogen-bond acceptors (Lipinski definition) is 7. The van der Waals surface area contributed by atoms with Gasteiger partial charge in [0.2, 0.25) is 0 Å². The van der Waals surface area contributed by atoms with Crippen LogP contribution in [-0.4, -0.2) is 22.9 Å². The first-order chi connectivity index (χ1) is 15.4. The fraction of sp³-hybridized carbons (Fsp3) is 0.0870. The molecule has 3 aromatic carbocycles. The molecule has 0 atom stereocenters. The fourth-order valence-corrected chi connectivity index (χ4v) is 2.92. The van der Waals surface area contributed by atoms with Gasteiger partial charge in [0.25, 0.3) is 11.4 Å². The number of ether oxygens (including phenoxy) is 2. The van der Waals surface area contributed by atoms with Crippen LogP contribution in [0.2, 0.25) is 0 Å². The van der Waals surface area contributed by atoms with E-state index in [9.17, 15) is 25.0 Å². The van der Waals surface area contributed by atoms with Crippen molar-refractivity contribution in [3.63, 3.8) is 0 Å². The van der Waals surface area contributed by atoms with Crippen LogP contribution >= 0.6 is 0 Å². The maximum Gasteiger partial charge on any atom is 0.315 e. The quantitative estimate of drug-likeness (QED) is 0.164. The van der Waals surface area contributed by atoms with E-state index in [1.807, 2.05) is 30.3 Å². The number of carbonyl (C=O) groups excluding carboxylic acids is 1. The average molecular weight is 434 g/mol. The molecule has 0 amide bonds. The number of nitro groups is 2. The number of rotatable bonds is 8. The van der Waals surface area contributed by atoms with Crippen LogP contribution in [0.4, 0.5) is 11.4 Å². The Balaban J connectivity index is 1.79. The molecule has 0 N–H and O–H groups in total. The number of non-ortho nitro benzene ring substituents is 1. The van der Waals surface area contributed by atoms with Gasteiger partial charge in [-0.1, -0.05) is 42.5 Å². The average Bonchev–Trinajstić information content (AvgIpc) is 2.78. The molecule has 3 aromatic rings. The molecule has 0 radical (unpaired) electrons. The lowest BCUT2D eigenvalue weighted by molar-refractivity contribution is -0.394. The number of hydrogen-bond donors (Lipinski definition) is 0. The van der Waals surface area contributed by atoms with Crippen LogP contribution in [0.1, 0.15) is 16.7 Å². The van der Waals surface area contributed by atoms with Crippen LogP contribution in [0.15, 0.2) is 66.7 Å². The van der Waals surface area contributed by atoms with Gasteiger partial charge >= 0.3 is 5.97 Å². The molecule has 9 heteroatoms. The highest BCUT2D eigenvalue weighted by atomic mass is 16.6. The zero-order chi connectivity index (χ0) is 23.1. The first kappa shape index (κ1) is 22.2. The topological polar surface area (TPSA) is 122 Å². The normalized spacial score (nSPS) is 10.7. The molecule has 0 aliphatic carbocycles. The summed E-state index contributed by atoms with van der Waals surface area (Å²) in [6.07, 6.45) is 3.17. The van der Waals surface area contributed by atoms with E-state index in [1.54, 1.807) is 24.3 Å². The summed E-state index contributed by atoms with van der Waals surface area (Å²) < 4.78 is 10.7. The van der Waals surface area contributed by atoms with Crippen molar-refractivity contribution in [2.24, 2.45) is 0 Å². The van der Waals surface area contributed by atoms with Crippen molar-refractivity contribution in [3.05, 3.63) is 104 Å². The summed E-state index contributed by atoms with van der Waals surface area (Å²) in [7, 11) is 1.43. The van der Waals surface area contributed by atoms with Gasteiger partial charge < -0.3 is 9.47 Å². The number of esters is 1. The summed E-state index contributed by atoms with van der Waals surface area (Å²) in [5.74, 6) is 0.109. The molecule has 0 heterocycles. The van der Waals surface area contributed by atoms with Gasteiger partial charge in [-0.15, -0.1) is 0 Å². The Labute approximate surface area is 182 Å². The van der Waals surface area contributed by atoms with Gasteiger partial charge in [-0.3, -0.25) is 25.0 Å². The number of benzene rings is 3. The monoisotopic (exact) mass is 434 g/mol. The third-order valence-electron chi connectivity index (χ3n) is 4.48. The number of nitrogens with zero attached hydrogens (tertiary/aromatic N) is 2. The summed E-state index contributed by atoms with van der Waals surface area (Å²) in [5.41, 5.74) is 0.905. The van der Waals surface area contributed by atoms with Crippen molar-refractivity contribution in [2.75, 3.05) is 7.11 Å². The van der Waals surface area contributed by atoms with Gasteiger partial charge in [0.05, 0.1) is 35.0 Å². The molecule has 0 aliphatic rings. The number of carbonyl (C=O) groups is 1. The Morgan fingerprint density at radius 3 is 2.31 bits per heavy atom. The zero-order valence-corrected chi connectivity index (χ0v) is 17.0. The standard InChI is InChI=1S/C23H18N2O7/c1-31-22-13-17(7-9-18-10-11-19(24(27)28)15-20(18)25(29)30)8-12-21(22)32-23(26)14-16-5-3-2-4-6-16/h2-13,15H,14H2,1H3/b9-7+. The van der Waals surface area contributed by atoms with Gasteiger partial charge in [-0.2, -0.15) is 0 Å². The van der Waals surface area contributed by atoms with Crippen molar-refractivity contribution < 1.29 is 24.1 Å². The molecule has 0 unspecified atom stereocenters. The zero-order valence-electron chi connectivity index (χ0n) is 17.0. The van der Waals surface area contributed by atoms with Crippen LogP contribution in [0, 0.1) is 20.2 Å². The van der Waals surface area contributed by atoms with E-state index in [1.165, 1.54) is 25.3 Å². The van der Waals surface area contributed by atoms with Crippen LogP contribution in [0.25, 0.3) is 12.2 Å². The highest BCUT2D eigenvalue weighted by Gasteiger charge is 2.18. The second-order valence-electron chi connectivity index (χ2n) is 6.64. The molecule has 9 nitrogen and oxygen atoms in total. The summed E-state index contributed by atoms with van der Waals surface area (Å²) >= 11 is 0. The molecule has 0 bridgehead atoms. The Morgan fingerprint density at radius 2 is 1.66 bits per heavy atom. The van der Waals surface area contributed by atoms with Crippen molar-refractivity contribution >= 4 is 29.5 Å². The predicted molar refractivity (Wildman–Crippen MR) is 117 cm³/mol. The summed E-state index contributed by atoms with van der Waals surface area (Å²) in [6.45, 7) is 0. The van der Waals surface area contributed by atoms with Crippen molar-refractivity contribution in [1.29, 1.82) is 0 Å². The highest BCUT2D eigenvalue weighted by Crippen LogP contribution is 2.30. The second kappa shape index (κ2) is 9.98. The minimum absolute atomic E-state index is 0.107. The Hall–Kier alpha value is -4.53. The SMILES string of the molecule is COc1cc(/C=C/c2ccc([N+](=O)[O-])cc2[N+](=O)[O-])ccc1OC(=O)Cc1ccccc1. The summed E-state index contributed by atoms with van der Waals surface area (Å²) in [4.78, 5) is 33.0. The van der Waals surface area contributed by atoms with Crippen molar-refractivity contribution in [2.45, 2.75) is 6.42 Å². The minimum Gasteiger partial charge on any atom is -0.493 e. The lowest BCUT2D eigenvalue weighted by Gasteiger charge is -2.10. The second-order valence-corrected chi connectivity index (χ2v) is 6.64. The first-order valence-corrected chi connectivity index (χ1v) is 9.41. The van der Waals surface area contributed by atoms with Gasteiger partial charge in [-0.05, 0) is 35.4 Å². The Bertz CT molecular complexity index is 1190. The van der Waals surface area contributed by atoms with Gasteiger partial charge in [0.15, 0.2) is 11.5 Å². The largest absolute Gasteiger partial charge is 0.493 e. The van der Waals surface area contributed by atoms with Crippen molar-refractivity contribution in [1.82, 2.24) is 0 Å². The van der Waals surface area contributed by atoms with E-state index in [0.29, 0.717) is 11.3 Å². The maximum atomic E-state index is 12.2. The lowest BCUT2D eigenvalue weighted by Crippen LogP contribution is -2.11. The van der Waals surface area contributed by atoms with Gasteiger partial charge in [-0.25, -0.2) is 0 Å². The third kappa shape index (κ3) is 5.54. The Morgan fingerprint density at radius 1 is 0.906 bits per heavy atom. The summed E-state index contributed by atoms with van der Waals surface area (Å²) in [6, 6.07) is 17.4. The molecule has 162 valence electrons. The fourth-order valence-electron chi connectivity index (χ4n) is 2.92. The lowest BCUT2D eigenvalue weighted by atomic mass is 10.1. The molecule has 0 aromatic heterocycles. The minimum atomic E-state index is -0.691. The molecule has 0 aliphatic heterocycles. The molecular weight excluding hydrogens is 416 g/mol. The van der Waals surface area contributed by atoms with Gasteiger partial charge in [0, 0.05) is 6.07 Å². The Kier molecular flexibility index (Phi) is 6.92. The molecule has 0 saturated carbocycles. The van der Waals surface area contributed by atoms with Crippen molar-refractivity contribution in [3.8, 4) is 11.5 Å². The van der Waals surface area contributed by atoms with Crippen LogP contribution in [0.3, 0.4) is 0 Å². The van der Waals surface area contributed by atoms with E-state index >= 15 is 0 Å². The van der Waals surface area contributed by atoms with Crippen LogP contribution in [0.5, 0.6) is 11.5 Å². The van der Waals surface area contributed by atoms with Crippen LogP contribution in [-0.2, 0) is 11.2 Å². The van der Waals surface area contributed by atoms with E-state index in [0.717, 1.165) is 11.6 Å². The smallest absolute Gasteiger partial charge is 0.315 e. The van der Waals surface area contributed by atoms with E-state index in [-0.39, 0.29) is 29.1 Å². The van der Waals surface area contributed by atoms with Crippen LogP contribution < -0.4 is 9.47 Å². The molecule has 3 rings (SSSR count). The van der Waals surface area contributed by atoms with E-state index in [2.05, 4.69) is 0 Å².